The summed E-state index contributed by atoms with van der Waals surface area (Å²) < 4.78 is 58.4. The van der Waals surface area contributed by atoms with Crippen molar-refractivity contribution in [2.24, 2.45) is 0 Å². The Kier molecular flexibility index (Phi) is 4.21. The van der Waals surface area contributed by atoms with Crippen molar-refractivity contribution in [3.8, 4) is 5.75 Å². The predicted octanol–water partition coefficient (Wildman–Crippen LogP) is 3.97. The quantitative estimate of drug-likeness (QED) is 0.510. The third-order valence-corrected chi connectivity index (χ3v) is 2.67. The number of ether oxygens (including phenoxy) is 1. The van der Waals surface area contributed by atoms with Crippen LogP contribution in [0.25, 0.3) is 0 Å². The molecule has 2 aromatic rings. The zero-order valence-electron chi connectivity index (χ0n) is 11.0. The second kappa shape index (κ2) is 5.90. The van der Waals surface area contributed by atoms with Crippen LogP contribution in [0.4, 0.5) is 34.6 Å². The summed E-state index contributed by atoms with van der Waals surface area (Å²) >= 11 is 0. The van der Waals surface area contributed by atoms with Gasteiger partial charge in [-0.05, 0) is 6.92 Å². The number of anilines is 3. The number of nitrogens with two attached hydrogens (primary N) is 1. The molecule has 0 atom stereocenters. The number of halogens is 4. The molecule has 0 bridgehead atoms. The Labute approximate surface area is 118 Å². The maximum Gasteiger partial charge on any atom is 0.182 e. The molecular weight excluding hydrogens is 288 g/mol. The van der Waals surface area contributed by atoms with Gasteiger partial charge in [0.25, 0.3) is 0 Å². The fourth-order valence-corrected chi connectivity index (χ4v) is 1.74. The van der Waals surface area contributed by atoms with E-state index in [9.17, 15) is 17.6 Å². The third-order valence-electron chi connectivity index (χ3n) is 2.67. The van der Waals surface area contributed by atoms with E-state index in [1.807, 2.05) is 0 Å². The average molecular weight is 300 g/mol. The van der Waals surface area contributed by atoms with E-state index in [0.29, 0.717) is 6.07 Å². The van der Waals surface area contributed by atoms with Gasteiger partial charge in [-0.1, -0.05) is 0 Å². The smallest absolute Gasteiger partial charge is 0.182 e. The van der Waals surface area contributed by atoms with Crippen molar-refractivity contribution in [1.29, 1.82) is 0 Å². The molecule has 0 unspecified atom stereocenters. The van der Waals surface area contributed by atoms with Crippen LogP contribution in [-0.4, -0.2) is 6.61 Å². The summed E-state index contributed by atoms with van der Waals surface area (Å²) in [6.07, 6.45) is 0. The first kappa shape index (κ1) is 15.0. The van der Waals surface area contributed by atoms with Crippen LogP contribution >= 0.6 is 0 Å². The lowest BCUT2D eigenvalue weighted by Crippen LogP contribution is -2.03. The Hall–Kier alpha value is -2.44. The molecule has 2 rings (SSSR count). The van der Waals surface area contributed by atoms with Crippen LogP contribution in [0.15, 0.2) is 24.3 Å². The van der Waals surface area contributed by atoms with Crippen LogP contribution in [0, 0.1) is 23.3 Å². The molecule has 21 heavy (non-hydrogen) atoms. The molecule has 3 nitrogen and oxygen atoms in total. The molecule has 0 saturated carbocycles. The Morgan fingerprint density at radius 1 is 1.00 bits per heavy atom. The van der Waals surface area contributed by atoms with Crippen molar-refractivity contribution < 1.29 is 22.3 Å². The summed E-state index contributed by atoms with van der Waals surface area (Å²) in [4.78, 5) is 0. The Morgan fingerprint density at radius 3 is 2.38 bits per heavy atom. The van der Waals surface area contributed by atoms with Gasteiger partial charge in [0.05, 0.1) is 23.7 Å². The third kappa shape index (κ3) is 3.18. The lowest BCUT2D eigenvalue weighted by atomic mass is 10.2. The summed E-state index contributed by atoms with van der Waals surface area (Å²) in [5, 5.41) is 2.42. The highest BCUT2D eigenvalue weighted by molar-refractivity contribution is 5.74. The highest BCUT2D eigenvalue weighted by atomic mass is 19.2. The Balaban J connectivity index is 2.42. The van der Waals surface area contributed by atoms with Gasteiger partial charge in [-0.15, -0.1) is 0 Å². The zero-order valence-corrected chi connectivity index (χ0v) is 11.0. The van der Waals surface area contributed by atoms with E-state index in [2.05, 4.69) is 5.32 Å². The van der Waals surface area contributed by atoms with E-state index in [4.69, 9.17) is 10.5 Å². The van der Waals surface area contributed by atoms with Gasteiger partial charge in [-0.25, -0.2) is 17.6 Å². The molecule has 0 aliphatic heterocycles. The summed E-state index contributed by atoms with van der Waals surface area (Å²) in [5.74, 6) is -4.36. The highest BCUT2D eigenvalue weighted by Crippen LogP contribution is 2.32. The molecule has 0 aliphatic rings. The first-order valence-corrected chi connectivity index (χ1v) is 6.05. The minimum absolute atomic E-state index is 0.0555. The lowest BCUT2D eigenvalue weighted by molar-refractivity contribution is 0.322. The van der Waals surface area contributed by atoms with Gasteiger partial charge in [-0.2, -0.15) is 0 Å². The summed E-state index contributed by atoms with van der Waals surface area (Å²) in [5.41, 5.74) is 5.16. The largest absolute Gasteiger partial charge is 0.491 e. The molecule has 0 aliphatic carbocycles. The second-order valence-corrected chi connectivity index (χ2v) is 4.18. The normalized spacial score (nSPS) is 10.5. The Bertz CT molecular complexity index is 677. The van der Waals surface area contributed by atoms with Gasteiger partial charge in [0.15, 0.2) is 23.2 Å². The maximum absolute atomic E-state index is 13.6. The van der Waals surface area contributed by atoms with Crippen LogP contribution in [0.2, 0.25) is 0 Å². The molecule has 0 radical (unpaired) electrons. The number of hydrogen-bond donors (Lipinski definition) is 2. The van der Waals surface area contributed by atoms with Crippen LogP contribution in [0.3, 0.4) is 0 Å². The number of rotatable bonds is 4. The molecule has 3 N–H and O–H groups in total. The van der Waals surface area contributed by atoms with E-state index < -0.39 is 29.0 Å². The first-order valence-electron chi connectivity index (χ1n) is 6.05. The molecule has 0 aromatic heterocycles. The molecule has 112 valence electrons. The van der Waals surface area contributed by atoms with Crippen molar-refractivity contribution in [1.82, 2.24) is 0 Å². The van der Waals surface area contributed by atoms with E-state index in [-0.39, 0.29) is 23.7 Å². The van der Waals surface area contributed by atoms with Crippen LogP contribution in [0.5, 0.6) is 5.75 Å². The molecular formula is C14H12F4N2O. The molecule has 0 heterocycles. The van der Waals surface area contributed by atoms with Crippen LogP contribution < -0.4 is 15.8 Å². The van der Waals surface area contributed by atoms with Gasteiger partial charge >= 0.3 is 0 Å². The monoisotopic (exact) mass is 300 g/mol. The Morgan fingerprint density at radius 2 is 1.71 bits per heavy atom. The average Bonchev–Trinajstić information content (AvgIpc) is 2.41. The number of nitrogen functional groups attached to an aromatic ring is 1. The summed E-state index contributed by atoms with van der Waals surface area (Å²) in [7, 11) is 0. The zero-order chi connectivity index (χ0) is 15.6. The molecule has 0 amide bonds. The molecule has 7 heteroatoms. The molecule has 0 fully saturated rings. The van der Waals surface area contributed by atoms with Crippen molar-refractivity contribution in [3.63, 3.8) is 0 Å². The van der Waals surface area contributed by atoms with Gasteiger partial charge in [0.2, 0.25) is 0 Å². The lowest BCUT2D eigenvalue weighted by Gasteiger charge is -2.13. The van der Waals surface area contributed by atoms with Crippen LogP contribution in [0.1, 0.15) is 6.92 Å². The van der Waals surface area contributed by atoms with Gasteiger partial charge < -0.3 is 15.8 Å². The van der Waals surface area contributed by atoms with Crippen molar-refractivity contribution in [3.05, 3.63) is 47.5 Å². The van der Waals surface area contributed by atoms with E-state index in [1.54, 1.807) is 6.92 Å². The first-order chi connectivity index (χ1) is 9.92. The number of hydrogen-bond acceptors (Lipinski definition) is 3. The molecule has 0 spiro atoms. The summed E-state index contributed by atoms with van der Waals surface area (Å²) in [6, 6.07) is 3.35. The molecule has 2 aromatic carbocycles. The van der Waals surface area contributed by atoms with Gasteiger partial charge in [-0.3, -0.25) is 0 Å². The number of benzene rings is 2. The number of nitrogens with one attached hydrogen (secondary N) is 1. The van der Waals surface area contributed by atoms with Gasteiger partial charge in [0.1, 0.15) is 5.82 Å². The SMILES string of the molecule is CCOc1cc(Nc2cc(F)cc(F)c2F)c(N)cc1F. The summed E-state index contributed by atoms with van der Waals surface area (Å²) in [6.45, 7) is 1.87. The van der Waals surface area contributed by atoms with E-state index in [1.165, 1.54) is 6.07 Å². The van der Waals surface area contributed by atoms with E-state index >= 15 is 0 Å². The van der Waals surface area contributed by atoms with Crippen molar-refractivity contribution in [2.45, 2.75) is 6.92 Å². The minimum atomic E-state index is -1.34. The van der Waals surface area contributed by atoms with Gasteiger partial charge in [0, 0.05) is 24.3 Å². The maximum atomic E-state index is 13.6. The van der Waals surface area contributed by atoms with Crippen molar-refractivity contribution in [2.75, 3.05) is 17.7 Å². The second-order valence-electron chi connectivity index (χ2n) is 4.18. The predicted molar refractivity (Wildman–Crippen MR) is 71.6 cm³/mol. The molecule has 0 saturated heterocycles. The topological polar surface area (TPSA) is 47.3 Å². The minimum Gasteiger partial charge on any atom is -0.491 e. The highest BCUT2D eigenvalue weighted by Gasteiger charge is 2.14. The standard InChI is InChI=1S/C14H12F4N2O/c1-2-21-13-6-11(10(19)5-8(13)16)20-12-4-7(15)3-9(17)14(12)18/h3-6,20H,2,19H2,1H3. The fourth-order valence-electron chi connectivity index (χ4n) is 1.74. The van der Waals surface area contributed by atoms with Crippen molar-refractivity contribution >= 4 is 17.1 Å². The van der Waals surface area contributed by atoms with E-state index in [0.717, 1.165) is 12.1 Å². The van der Waals surface area contributed by atoms with Crippen LogP contribution in [-0.2, 0) is 0 Å². The fraction of sp³-hybridized carbons (Fsp3) is 0.143.